The Morgan fingerprint density at radius 2 is 1.89 bits per heavy atom. The molecule has 142 valence electrons. The molecule has 4 rings (SSSR count). The molecule has 27 heavy (non-hydrogen) atoms. The molecule has 0 radical (unpaired) electrons. The fourth-order valence-electron chi connectivity index (χ4n) is 4.65. The number of fused-ring (bicyclic) bond motifs is 1. The van der Waals surface area contributed by atoms with Crippen LogP contribution in [0.15, 0.2) is 30.3 Å². The summed E-state index contributed by atoms with van der Waals surface area (Å²) < 4.78 is 1.99. The predicted molar refractivity (Wildman–Crippen MR) is 106 cm³/mol. The Hall–Kier alpha value is -2.56. The molecule has 1 aromatic carbocycles. The third-order valence-electron chi connectivity index (χ3n) is 6.14. The topological polar surface area (TPSA) is 45.6 Å². The van der Waals surface area contributed by atoms with Gasteiger partial charge in [0.05, 0.1) is 6.04 Å². The summed E-state index contributed by atoms with van der Waals surface area (Å²) in [6.07, 6.45) is 4.03. The van der Waals surface area contributed by atoms with Crippen molar-refractivity contribution >= 4 is 17.5 Å². The van der Waals surface area contributed by atoms with Gasteiger partial charge in [-0.15, -0.1) is 0 Å². The summed E-state index contributed by atoms with van der Waals surface area (Å²) in [6, 6.07) is 10.2. The van der Waals surface area contributed by atoms with E-state index in [-0.39, 0.29) is 17.9 Å². The second kappa shape index (κ2) is 6.87. The van der Waals surface area contributed by atoms with Crippen molar-refractivity contribution in [1.82, 2.24) is 9.47 Å². The maximum absolute atomic E-state index is 13.3. The van der Waals surface area contributed by atoms with Crippen LogP contribution in [0.3, 0.4) is 0 Å². The zero-order valence-electron chi connectivity index (χ0n) is 16.4. The molecule has 5 heteroatoms. The molecule has 0 unspecified atom stereocenters. The summed E-state index contributed by atoms with van der Waals surface area (Å²) in [5.41, 5.74) is 5.29. The van der Waals surface area contributed by atoms with Gasteiger partial charge in [0.2, 0.25) is 5.91 Å². The van der Waals surface area contributed by atoms with Crippen LogP contribution in [0.4, 0.5) is 5.69 Å². The molecule has 0 aliphatic carbocycles. The highest BCUT2D eigenvalue weighted by Gasteiger charge is 2.31. The van der Waals surface area contributed by atoms with E-state index in [9.17, 15) is 9.59 Å². The number of nitrogens with zero attached hydrogens (tertiary/aromatic N) is 3. The van der Waals surface area contributed by atoms with E-state index < -0.39 is 0 Å². The van der Waals surface area contributed by atoms with Crippen LogP contribution in [0.25, 0.3) is 0 Å². The van der Waals surface area contributed by atoms with Gasteiger partial charge in [0.1, 0.15) is 5.69 Å². The lowest BCUT2D eigenvalue weighted by atomic mass is 9.99. The highest BCUT2D eigenvalue weighted by Crippen LogP contribution is 2.34. The van der Waals surface area contributed by atoms with Gasteiger partial charge in [-0.25, -0.2) is 0 Å². The first-order chi connectivity index (χ1) is 13.0. The zero-order valence-corrected chi connectivity index (χ0v) is 16.4. The van der Waals surface area contributed by atoms with Crippen molar-refractivity contribution in [3.8, 4) is 0 Å². The minimum Gasteiger partial charge on any atom is -0.342 e. The molecule has 1 atom stereocenters. The van der Waals surface area contributed by atoms with E-state index in [0.29, 0.717) is 5.69 Å². The Labute approximate surface area is 160 Å². The molecule has 1 saturated heterocycles. The van der Waals surface area contributed by atoms with Crippen molar-refractivity contribution in [3.05, 3.63) is 52.8 Å². The van der Waals surface area contributed by atoms with Crippen molar-refractivity contribution in [1.29, 1.82) is 0 Å². The molecule has 2 aromatic rings. The van der Waals surface area contributed by atoms with Crippen molar-refractivity contribution in [2.75, 3.05) is 18.0 Å². The van der Waals surface area contributed by atoms with E-state index in [0.717, 1.165) is 50.2 Å². The number of amides is 2. The molecule has 5 nitrogen and oxygen atoms in total. The van der Waals surface area contributed by atoms with Crippen LogP contribution in [-0.2, 0) is 18.3 Å². The number of benzene rings is 1. The smallest absolute Gasteiger partial charge is 0.274 e. The molecule has 2 aliphatic rings. The molecule has 0 N–H and O–H groups in total. The van der Waals surface area contributed by atoms with E-state index in [4.69, 9.17) is 0 Å². The zero-order chi connectivity index (χ0) is 19.1. The second-order valence-electron chi connectivity index (χ2n) is 7.71. The van der Waals surface area contributed by atoms with Crippen LogP contribution < -0.4 is 4.90 Å². The van der Waals surface area contributed by atoms with Crippen LogP contribution in [0.5, 0.6) is 0 Å². The third-order valence-corrected chi connectivity index (χ3v) is 6.14. The Kier molecular flexibility index (Phi) is 4.54. The Balaban J connectivity index is 1.64. The lowest BCUT2D eigenvalue weighted by molar-refractivity contribution is -0.132. The van der Waals surface area contributed by atoms with E-state index in [2.05, 4.69) is 13.0 Å². The monoisotopic (exact) mass is 365 g/mol. The fraction of sp³-hybridized carbons (Fsp3) is 0.455. The maximum Gasteiger partial charge on any atom is 0.274 e. The van der Waals surface area contributed by atoms with Gasteiger partial charge in [-0.2, -0.15) is 0 Å². The van der Waals surface area contributed by atoms with E-state index in [1.54, 1.807) is 6.92 Å². The molecule has 0 saturated carbocycles. The van der Waals surface area contributed by atoms with Crippen LogP contribution in [0, 0.1) is 6.92 Å². The third kappa shape index (κ3) is 2.95. The number of rotatable bonds is 2. The first-order valence-corrected chi connectivity index (χ1v) is 9.82. The van der Waals surface area contributed by atoms with E-state index >= 15 is 0 Å². The highest BCUT2D eigenvalue weighted by atomic mass is 16.2. The van der Waals surface area contributed by atoms with E-state index in [1.807, 2.05) is 45.7 Å². The molecule has 2 amide bonds. The van der Waals surface area contributed by atoms with Crippen LogP contribution >= 0.6 is 0 Å². The quantitative estimate of drug-likeness (QED) is 0.816. The van der Waals surface area contributed by atoms with Gasteiger partial charge in [0.15, 0.2) is 0 Å². The average molecular weight is 365 g/mol. The molecule has 2 aliphatic heterocycles. The van der Waals surface area contributed by atoms with Crippen LogP contribution in [-0.4, -0.2) is 34.4 Å². The molecule has 0 bridgehead atoms. The number of hydrogen-bond donors (Lipinski definition) is 0. The van der Waals surface area contributed by atoms with Gasteiger partial charge in [0, 0.05) is 38.4 Å². The fourth-order valence-corrected chi connectivity index (χ4v) is 4.65. The molecular weight excluding hydrogens is 338 g/mol. The molecule has 0 spiro atoms. The number of piperidine rings is 1. The van der Waals surface area contributed by atoms with Crippen molar-refractivity contribution in [3.63, 3.8) is 0 Å². The van der Waals surface area contributed by atoms with Crippen molar-refractivity contribution < 1.29 is 9.59 Å². The number of aromatic nitrogens is 1. The van der Waals surface area contributed by atoms with E-state index in [1.165, 1.54) is 11.1 Å². The largest absolute Gasteiger partial charge is 0.342 e. The molecule has 3 heterocycles. The van der Waals surface area contributed by atoms with Gasteiger partial charge in [-0.05, 0) is 61.9 Å². The number of aryl methyl sites for hydroxylation is 1. The highest BCUT2D eigenvalue weighted by molar-refractivity contribution is 6.06. The van der Waals surface area contributed by atoms with Crippen molar-refractivity contribution in [2.24, 2.45) is 7.05 Å². The van der Waals surface area contributed by atoms with Gasteiger partial charge >= 0.3 is 0 Å². The van der Waals surface area contributed by atoms with Crippen LogP contribution in [0.1, 0.15) is 59.5 Å². The number of carbonyl (C=O) groups excluding carboxylic acids is 2. The minimum absolute atomic E-state index is 0.0401. The summed E-state index contributed by atoms with van der Waals surface area (Å²) in [7, 11) is 1.95. The maximum atomic E-state index is 13.3. The summed E-state index contributed by atoms with van der Waals surface area (Å²) >= 11 is 0. The normalized spacial score (nSPS) is 19.3. The number of carbonyl (C=O) groups is 2. The standard InChI is InChI=1S/C22H27N3O2/c1-15-7-6-9-18-17(15)12-14-25(18)22(27)21-11-10-19(23(21)3)20-8-4-5-13-24(20)16(2)26/h6-7,9-11,20H,4-5,8,12-14H2,1-3H3/t20-/m1/s1. The van der Waals surface area contributed by atoms with Crippen molar-refractivity contribution in [2.45, 2.75) is 45.6 Å². The molecule has 1 fully saturated rings. The van der Waals surface area contributed by atoms with Gasteiger partial charge < -0.3 is 14.4 Å². The minimum atomic E-state index is 0.0401. The Morgan fingerprint density at radius 3 is 2.67 bits per heavy atom. The predicted octanol–water partition coefficient (Wildman–Crippen LogP) is 3.61. The second-order valence-corrected chi connectivity index (χ2v) is 7.71. The van der Waals surface area contributed by atoms with Gasteiger partial charge in [0.25, 0.3) is 5.91 Å². The first kappa shape index (κ1) is 17.8. The van der Waals surface area contributed by atoms with Gasteiger partial charge in [-0.1, -0.05) is 12.1 Å². The summed E-state index contributed by atoms with van der Waals surface area (Å²) in [4.78, 5) is 29.2. The average Bonchev–Trinajstić information content (AvgIpc) is 3.26. The lowest BCUT2D eigenvalue weighted by Gasteiger charge is -2.35. The summed E-state index contributed by atoms with van der Waals surface area (Å²) in [5, 5.41) is 0. The first-order valence-electron chi connectivity index (χ1n) is 9.82. The summed E-state index contributed by atoms with van der Waals surface area (Å²) in [5.74, 6) is 0.149. The Bertz CT molecular complexity index is 899. The van der Waals surface area contributed by atoms with Crippen LogP contribution in [0.2, 0.25) is 0 Å². The number of hydrogen-bond acceptors (Lipinski definition) is 2. The lowest BCUT2D eigenvalue weighted by Crippen LogP contribution is -2.38. The number of likely N-dealkylation sites (tertiary alicyclic amines) is 1. The molecular formula is C22H27N3O2. The molecule has 1 aromatic heterocycles. The Morgan fingerprint density at radius 1 is 1.07 bits per heavy atom. The van der Waals surface area contributed by atoms with Gasteiger partial charge in [-0.3, -0.25) is 9.59 Å². The number of anilines is 1. The SMILES string of the molecule is CC(=O)N1CCCC[C@@H]1c1ccc(C(=O)N2CCc3c(C)cccc32)n1C. The summed E-state index contributed by atoms with van der Waals surface area (Å²) in [6.45, 7) is 5.26.